The zero-order chi connectivity index (χ0) is 34.9. The van der Waals surface area contributed by atoms with Crippen molar-refractivity contribution in [2.24, 2.45) is 5.92 Å². The van der Waals surface area contributed by atoms with E-state index in [1.54, 1.807) is 0 Å². The Morgan fingerprint density at radius 2 is 0.940 bits per heavy atom. The number of aryl methyl sites for hydroxylation is 2. The largest absolute Gasteiger partial charge is 0.507 e. The molecule has 0 aromatic heterocycles. The van der Waals surface area contributed by atoms with Crippen LogP contribution in [-0.2, 0) is 12.8 Å². The molecule has 0 unspecified atom stereocenters. The molecule has 6 aromatic carbocycles. The molecule has 252 valence electrons. The van der Waals surface area contributed by atoms with Gasteiger partial charge < -0.3 is 19.7 Å². The summed E-state index contributed by atoms with van der Waals surface area (Å²) in [6.45, 7) is 9.03. The van der Waals surface area contributed by atoms with Crippen LogP contribution in [-0.4, -0.2) is 23.4 Å². The van der Waals surface area contributed by atoms with Crippen molar-refractivity contribution in [3.05, 3.63) is 157 Å². The number of aromatic hydroxyl groups is 2. The SMILES string of the molecule is C=CCC(COc1ccc(CC)cc1-c1cccc(-c2ccccc2)c1O)COc1ccc(CC)cc1-c1cccc(-c2ccccc2)c1O. The second kappa shape index (κ2) is 16.1. The zero-order valence-corrected chi connectivity index (χ0v) is 28.8. The van der Waals surface area contributed by atoms with E-state index in [1.165, 1.54) is 0 Å². The van der Waals surface area contributed by atoms with Gasteiger partial charge in [0.25, 0.3) is 0 Å². The highest BCUT2D eigenvalue weighted by atomic mass is 16.5. The van der Waals surface area contributed by atoms with Crippen molar-refractivity contribution in [3.8, 4) is 67.5 Å². The third kappa shape index (κ3) is 7.61. The molecular formula is C46H44O4. The van der Waals surface area contributed by atoms with Gasteiger partial charge in [-0.3, -0.25) is 0 Å². The Labute approximate surface area is 295 Å². The van der Waals surface area contributed by atoms with Gasteiger partial charge in [-0.1, -0.05) is 129 Å². The van der Waals surface area contributed by atoms with E-state index in [1.807, 2.05) is 115 Å². The van der Waals surface area contributed by atoms with Crippen LogP contribution in [0.1, 0.15) is 31.4 Å². The highest BCUT2D eigenvalue weighted by molar-refractivity contribution is 5.85. The van der Waals surface area contributed by atoms with E-state index < -0.39 is 0 Å². The van der Waals surface area contributed by atoms with Crippen LogP contribution >= 0.6 is 0 Å². The molecule has 0 aliphatic carbocycles. The third-order valence-electron chi connectivity index (χ3n) is 9.18. The van der Waals surface area contributed by atoms with Gasteiger partial charge in [0.1, 0.15) is 23.0 Å². The predicted molar refractivity (Wildman–Crippen MR) is 206 cm³/mol. The summed E-state index contributed by atoms with van der Waals surface area (Å²) in [7, 11) is 0. The Morgan fingerprint density at radius 3 is 1.34 bits per heavy atom. The van der Waals surface area contributed by atoms with Crippen LogP contribution in [0.2, 0.25) is 0 Å². The first-order chi connectivity index (χ1) is 24.5. The highest BCUT2D eigenvalue weighted by Crippen LogP contribution is 2.44. The van der Waals surface area contributed by atoms with Gasteiger partial charge in [-0.25, -0.2) is 0 Å². The molecule has 0 aliphatic heterocycles. The molecule has 6 rings (SSSR count). The number of phenols is 2. The van der Waals surface area contributed by atoms with E-state index in [9.17, 15) is 10.2 Å². The lowest BCUT2D eigenvalue weighted by Gasteiger charge is -2.21. The molecule has 0 amide bonds. The fourth-order valence-electron chi connectivity index (χ4n) is 6.32. The number of para-hydroxylation sites is 2. The Hall–Kier alpha value is -5.74. The number of hydrogen-bond donors (Lipinski definition) is 2. The maximum absolute atomic E-state index is 11.5. The molecule has 0 atom stereocenters. The first-order valence-electron chi connectivity index (χ1n) is 17.4. The first-order valence-corrected chi connectivity index (χ1v) is 17.4. The van der Waals surface area contributed by atoms with Gasteiger partial charge in [0, 0.05) is 39.3 Å². The lowest BCUT2D eigenvalue weighted by Crippen LogP contribution is -2.20. The van der Waals surface area contributed by atoms with E-state index in [0.717, 1.165) is 68.5 Å². The minimum absolute atomic E-state index is 0.00148. The fourth-order valence-corrected chi connectivity index (χ4v) is 6.32. The lowest BCUT2D eigenvalue weighted by molar-refractivity contribution is 0.179. The van der Waals surface area contributed by atoms with Crippen LogP contribution in [0.5, 0.6) is 23.0 Å². The molecule has 0 radical (unpaired) electrons. The van der Waals surface area contributed by atoms with Crippen molar-refractivity contribution in [1.29, 1.82) is 0 Å². The van der Waals surface area contributed by atoms with Crippen molar-refractivity contribution in [2.75, 3.05) is 13.2 Å². The summed E-state index contributed by atoms with van der Waals surface area (Å²) < 4.78 is 13.1. The Morgan fingerprint density at radius 1 is 0.520 bits per heavy atom. The molecule has 0 aliphatic rings. The van der Waals surface area contributed by atoms with E-state index in [0.29, 0.717) is 31.1 Å². The molecule has 4 nitrogen and oxygen atoms in total. The standard InChI is InChI=1S/C46H44O4/c1-4-15-34(30-49-43-26-24-32(5-2)28-41(43)39-22-13-20-37(45(39)47)35-16-9-7-10-17-35)31-50-44-27-25-33(6-3)29-42(44)40-23-14-21-38(46(40)48)36-18-11-8-12-19-36/h4,7-14,16-29,34,47-48H,1,5-6,15,30-31H2,2-3H3. The van der Waals surface area contributed by atoms with Crippen LogP contribution in [0, 0.1) is 5.92 Å². The van der Waals surface area contributed by atoms with Crippen LogP contribution in [0.25, 0.3) is 44.5 Å². The van der Waals surface area contributed by atoms with Gasteiger partial charge in [0.15, 0.2) is 0 Å². The zero-order valence-electron chi connectivity index (χ0n) is 28.8. The van der Waals surface area contributed by atoms with Gasteiger partial charge >= 0.3 is 0 Å². The summed E-state index contributed by atoms with van der Waals surface area (Å²) in [5.41, 5.74) is 8.94. The second-order valence-electron chi connectivity index (χ2n) is 12.5. The van der Waals surface area contributed by atoms with Crippen LogP contribution < -0.4 is 9.47 Å². The molecule has 0 spiro atoms. The van der Waals surface area contributed by atoms with Crippen LogP contribution in [0.4, 0.5) is 0 Å². The molecule has 0 heterocycles. The van der Waals surface area contributed by atoms with Gasteiger partial charge in [0.2, 0.25) is 0 Å². The van der Waals surface area contributed by atoms with Crippen molar-refractivity contribution in [3.63, 3.8) is 0 Å². The van der Waals surface area contributed by atoms with Crippen molar-refractivity contribution >= 4 is 0 Å². The summed E-state index contributed by atoms with van der Waals surface area (Å²) >= 11 is 0. The number of rotatable bonds is 14. The van der Waals surface area contributed by atoms with Gasteiger partial charge in [-0.2, -0.15) is 0 Å². The Bertz CT molecular complexity index is 1900. The second-order valence-corrected chi connectivity index (χ2v) is 12.5. The van der Waals surface area contributed by atoms with Crippen molar-refractivity contribution in [1.82, 2.24) is 0 Å². The summed E-state index contributed by atoms with van der Waals surface area (Å²) in [6.07, 6.45) is 4.31. The molecule has 0 saturated heterocycles. The monoisotopic (exact) mass is 660 g/mol. The normalized spacial score (nSPS) is 11.0. The number of benzene rings is 6. The van der Waals surface area contributed by atoms with E-state index >= 15 is 0 Å². The minimum Gasteiger partial charge on any atom is -0.507 e. The summed E-state index contributed by atoms with van der Waals surface area (Å²) in [6, 6.07) is 43.9. The minimum atomic E-state index is -0.00148. The van der Waals surface area contributed by atoms with Gasteiger partial charge in [-0.15, -0.1) is 6.58 Å². The smallest absolute Gasteiger partial charge is 0.131 e. The third-order valence-corrected chi connectivity index (χ3v) is 9.18. The fraction of sp³-hybridized carbons (Fsp3) is 0.174. The maximum Gasteiger partial charge on any atom is 0.131 e. The average molecular weight is 661 g/mol. The summed E-state index contributed by atoms with van der Waals surface area (Å²) in [5, 5.41) is 23.0. The van der Waals surface area contributed by atoms with Crippen LogP contribution in [0.3, 0.4) is 0 Å². The van der Waals surface area contributed by atoms with Crippen molar-refractivity contribution < 1.29 is 19.7 Å². The molecule has 4 heteroatoms. The molecule has 2 N–H and O–H groups in total. The quantitative estimate of drug-likeness (QED) is 0.114. The first kappa shape index (κ1) is 34.1. The van der Waals surface area contributed by atoms with E-state index in [4.69, 9.17) is 9.47 Å². The number of allylic oxidation sites excluding steroid dienone is 1. The number of ether oxygens (including phenoxy) is 2. The maximum atomic E-state index is 11.5. The topological polar surface area (TPSA) is 58.9 Å². The summed E-state index contributed by atoms with van der Waals surface area (Å²) in [4.78, 5) is 0. The van der Waals surface area contributed by atoms with E-state index in [2.05, 4.69) is 44.7 Å². The Balaban J connectivity index is 1.26. The predicted octanol–water partition coefficient (Wildman–Crippen LogP) is 11.5. The molecule has 0 bridgehead atoms. The lowest BCUT2D eigenvalue weighted by atomic mass is 9.95. The van der Waals surface area contributed by atoms with Crippen molar-refractivity contribution in [2.45, 2.75) is 33.1 Å². The molecule has 0 saturated carbocycles. The molecule has 50 heavy (non-hydrogen) atoms. The molecule has 6 aromatic rings. The van der Waals surface area contributed by atoms with Crippen LogP contribution in [0.15, 0.2) is 146 Å². The molecule has 0 fully saturated rings. The number of phenolic OH excluding ortho intramolecular Hbond substituents is 2. The summed E-state index contributed by atoms with van der Waals surface area (Å²) in [5.74, 6) is 1.86. The van der Waals surface area contributed by atoms with E-state index in [-0.39, 0.29) is 17.4 Å². The van der Waals surface area contributed by atoms with Gasteiger partial charge in [0.05, 0.1) is 13.2 Å². The number of hydrogen-bond acceptors (Lipinski definition) is 4. The van der Waals surface area contributed by atoms with Gasteiger partial charge in [-0.05, 0) is 65.8 Å². The average Bonchev–Trinajstić information content (AvgIpc) is 3.17. The Kier molecular flexibility index (Phi) is 11.0. The molecular weight excluding hydrogens is 617 g/mol. The highest BCUT2D eigenvalue weighted by Gasteiger charge is 2.19.